The molecule has 0 aliphatic heterocycles. The van der Waals surface area contributed by atoms with Gasteiger partial charge in [0.15, 0.2) is 0 Å². The maximum atomic E-state index is 11.3. The Morgan fingerprint density at radius 1 is 0.750 bits per heavy atom. The number of carbonyl (C=O) groups is 1. The molecule has 0 fully saturated rings. The summed E-state index contributed by atoms with van der Waals surface area (Å²) in [6, 6.07) is 0. The standard InChI is InChI=1S/C16H32O4/c1-3-5-7-8-9-10-11-12-13-14-16(17)19-20-18-15-6-4-2/h3-15H2,1-2H3. The van der Waals surface area contributed by atoms with Gasteiger partial charge in [-0.05, 0) is 17.9 Å². The molecule has 0 spiro atoms. The van der Waals surface area contributed by atoms with E-state index in [1.807, 2.05) is 0 Å². The van der Waals surface area contributed by atoms with Gasteiger partial charge in [0.25, 0.3) is 0 Å². The normalized spacial score (nSPS) is 10.7. The van der Waals surface area contributed by atoms with Gasteiger partial charge in [0, 0.05) is 6.42 Å². The molecule has 0 saturated heterocycles. The predicted octanol–water partition coefficient (Wildman–Crippen LogP) is 5.11. The summed E-state index contributed by atoms with van der Waals surface area (Å²) < 4.78 is 0. The quantitative estimate of drug-likeness (QED) is 0.238. The molecule has 4 nitrogen and oxygen atoms in total. The second kappa shape index (κ2) is 16.4. The topological polar surface area (TPSA) is 44.8 Å². The monoisotopic (exact) mass is 288 g/mol. The smallest absolute Gasteiger partial charge is 0.269 e. The van der Waals surface area contributed by atoms with Gasteiger partial charge in [-0.3, -0.25) is 4.89 Å². The number of unbranched alkanes of at least 4 members (excludes halogenated alkanes) is 9. The van der Waals surface area contributed by atoms with Crippen LogP contribution in [0.5, 0.6) is 0 Å². The Hall–Kier alpha value is -0.610. The Labute approximate surface area is 124 Å². The van der Waals surface area contributed by atoms with E-state index < -0.39 is 0 Å². The number of rotatable bonds is 15. The fourth-order valence-corrected chi connectivity index (χ4v) is 1.92. The summed E-state index contributed by atoms with van der Waals surface area (Å²) in [4.78, 5) is 20.4. The van der Waals surface area contributed by atoms with Crippen molar-refractivity contribution in [3.63, 3.8) is 0 Å². The maximum Gasteiger partial charge on any atom is 0.345 e. The van der Waals surface area contributed by atoms with Crippen LogP contribution < -0.4 is 0 Å². The SMILES string of the molecule is CCCCCCCCCCCC(=O)OOOCCCC. The highest BCUT2D eigenvalue weighted by Gasteiger charge is 2.04. The zero-order valence-electron chi connectivity index (χ0n) is 13.3. The molecule has 0 aliphatic rings. The van der Waals surface area contributed by atoms with Crippen molar-refractivity contribution >= 4 is 5.97 Å². The Balaban J connectivity index is 3.11. The van der Waals surface area contributed by atoms with Crippen molar-refractivity contribution in [1.29, 1.82) is 0 Å². The molecule has 0 amide bonds. The Morgan fingerprint density at radius 2 is 1.30 bits per heavy atom. The average molecular weight is 288 g/mol. The third kappa shape index (κ3) is 15.4. The van der Waals surface area contributed by atoms with Crippen molar-refractivity contribution in [2.45, 2.75) is 90.9 Å². The second-order valence-electron chi connectivity index (χ2n) is 5.28. The molecular weight excluding hydrogens is 256 g/mol. The second-order valence-corrected chi connectivity index (χ2v) is 5.28. The van der Waals surface area contributed by atoms with E-state index in [0.717, 1.165) is 25.7 Å². The van der Waals surface area contributed by atoms with Crippen LogP contribution in [0.25, 0.3) is 0 Å². The fraction of sp³-hybridized carbons (Fsp3) is 0.938. The van der Waals surface area contributed by atoms with E-state index in [0.29, 0.717) is 13.0 Å². The molecule has 0 radical (unpaired) electrons. The Morgan fingerprint density at radius 3 is 1.90 bits per heavy atom. The van der Waals surface area contributed by atoms with Crippen LogP contribution >= 0.6 is 0 Å². The third-order valence-corrected chi connectivity index (χ3v) is 3.24. The van der Waals surface area contributed by atoms with Crippen LogP contribution in [0.4, 0.5) is 0 Å². The minimum Gasteiger partial charge on any atom is -0.269 e. The first-order valence-electron chi connectivity index (χ1n) is 8.30. The molecule has 0 atom stereocenters. The van der Waals surface area contributed by atoms with E-state index in [9.17, 15) is 4.79 Å². The molecule has 20 heavy (non-hydrogen) atoms. The molecule has 0 aliphatic carbocycles. The molecule has 4 heteroatoms. The van der Waals surface area contributed by atoms with Gasteiger partial charge >= 0.3 is 5.97 Å². The highest BCUT2D eigenvalue weighted by Crippen LogP contribution is 2.10. The molecule has 0 rings (SSSR count). The summed E-state index contributed by atoms with van der Waals surface area (Å²) in [6.07, 6.45) is 13.4. The molecular formula is C16H32O4. The Bertz CT molecular complexity index is 207. The van der Waals surface area contributed by atoms with Gasteiger partial charge in [-0.1, -0.05) is 71.6 Å². The minimum absolute atomic E-state index is 0.343. The molecule has 0 aromatic rings. The molecule has 0 heterocycles. The summed E-state index contributed by atoms with van der Waals surface area (Å²) in [7, 11) is 0. The lowest BCUT2D eigenvalue weighted by atomic mass is 10.1. The van der Waals surface area contributed by atoms with Gasteiger partial charge < -0.3 is 0 Å². The van der Waals surface area contributed by atoms with Crippen LogP contribution in [-0.4, -0.2) is 12.6 Å². The summed E-state index contributed by atoms with van der Waals surface area (Å²) in [5.74, 6) is -0.343. The number of hydrogen-bond acceptors (Lipinski definition) is 4. The first kappa shape index (κ1) is 19.4. The van der Waals surface area contributed by atoms with E-state index in [-0.39, 0.29) is 5.97 Å². The van der Waals surface area contributed by atoms with Crippen LogP contribution in [0, 0.1) is 0 Å². The lowest BCUT2D eigenvalue weighted by molar-refractivity contribution is -0.486. The third-order valence-electron chi connectivity index (χ3n) is 3.24. The molecule has 0 saturated carbocycles. The van der Waals surface area contributed by atoms with Crippen LogP contribution in [0.2, 0.25) is 0 Å². The highest BCUT2D eigenvalue weighted by atomic mass is 17.5. The van der Waals surface area contributed by atoms with Gasteiger partial charge in [-0.25, -0.2) is 4.79 Å². The molecule has 120 valence electrons. The molecule has 0 aromatic carbocycles. The van der Waals surface area contributed by atoms with Crippen molar-refractivity contribution in [3.8, 4) is 0 Å². The number of carbonyl (C=O) groups excluding carboxylic acids is 1. The fourth-order valence-electron chi connectivity index (χ4n) is 1.92. The van der Waals surface area contributed by atoms with Crippen LogP contribution in [0.1, 0.15) is 90.9 Å². The lowest BCUT2D eigenvalue weighted by Crippen LogP contribution is -2.06. The first-order chi connectivity index (χ1) is 9.81. The first-order valence-corrected chi connectivity index (χ1v) is 8.30. The van der Waals surface area contributed by atoms with E-state index in [1.54, 1.807) is 0 Å². The Kier molecular flexibility index (Phi) is 15.9. The summed E-state index contributed by atoms with van der Waals surface area (Å²) in [6.45, 7) is 4.75. The van der Waals surface area contributed by atoms with E-state index in [2.05, 4.69) is 23.8 Å². The van der Waals surface area contributed by atoms with Crippen molar-refractivity contribution in [2.75, 3.05) is 6.61 Å². The lowest BCUT2D eigenvalue weighted by Gasteiger charge is -2.03. The summed E-state index contributed by atoms with van der Waals surface area (Å²) in [5.41, 5.74) is 0. The van der Waals surface area contributed by atoms with E-state index in [1.165, 1.54) is 44.9 Å². The highest BCUT2D eigenvalue weighted by molar-refractivity contribution is 5.68. The van der Waals surface area contributed by atoms with Crippen molar-refractivity contribution in [1.82, 2.24) is 0 Å². The van der Waals surface area contributed by atoms with Gasteiger partial charge in [0.2, 0.25) is 0 Å². The molecule has 0 unspecified atom stereocenters. The number of hydrogen-bond donors (Lipinski definition) is 0. The van der Waals surface area contributed by atoms with Gasteiger partial charge in [0.1, 0.15) is 0 Å². The van der Waals surface area contributed by atoms with Crippen molar-refractivity contribution < 1.29 is 19.6 Å². The average Bonchev–Trinajstić information content (AvgIpc) is 2.45. The van der Waals surface area contributed by atoms with E-state index >= 15 is 0 Å². The molecule has 0 aromatic heterocycles. The zero-order chi connectivity index (χ0) is 14.9. The van der Waals surface area contributed by atoms with Crippen molar-refractivity contribution in [3.05, 3.63) is 0 Å². The minimum atomic E-state index is -0.343. The predicted molar refractivity (Wildman–Crippen MR) is 79.9 cm³/mol. The van der Waals surface area contributed by atoms with Crippen LogP contribution in [-0.2, 0) is 19.6 Å². The summed E-state index contributed by atoms with van der Waals surface area (Å²) >= 11 is 0. The van der Waals surface area contributed by atoms with Gasteiger partial charge in [-0.15, -0.1) is 0 Å². The van der Waals surface area contributed by atoms with E-state index in [4.69, 9.17) is 4.89 Å². The molecule has 0 N–H and O–H groups in total. The van der Waals surface area contributed by atoms with Crippen LogP contribution in [0.15, 0.2) is 0 Å². The van der Waals surface area contributed by atoms with Crippen LogP contribution in [0.3, 0.4) is 0 Å². The summed E-state index contributed by atoms with van der Waals surface area (Å²) in [5, 5.41) is 4.38. The van der Waals surface area contributed by atoms with Gasteiger partial charge in [-0.2, -0.15) is 4.89 Å². The molecule has 0 bridgehead atoms. The van der Waals surface area contributed by atoms with Crippen molar-refractivity contribution in [2.24, 2.45) is 0 Å². The maximum absolute atomic E-state index is 11.3. The zero-order valence-corrected chi connectivity index (χ0v) is 13.3. The van der Waals surface area contributed by atoms with Gasteiger partial charge in [0.05, 0.1) is 6.61 Å². The largest absolute Gasteiger partial charge is 0.345 e.